The Morgan fingerprint density at radius 1 is 1.59 bits per heavy atom. The third kappa shape index (κ3) is 3.26. The first-order chi connectivity index (χ1) is 10.5. The minimum atomic E-state index is -0.683. The molecule has 1 unspecified atom stereocenters. The number of hydrogen-bond donors (Lipinski definition) is 1. The number of nitrogens with one attached hydrogen (secondary N) is 1. The molecule has 1 fully saturated rings. The molecule has 1 N–H and O–H groups in total. The average Bonchev–Trinajstić information content (AvgIpc) is 2.81. The fraction of sp³-hybridized carbons (Fsp3) is 0.571. The van der Waals surface area contributed by atoms with Gasteiger partial charge in [-0.1, -0.05) is 6.92 Å². The van der Waals surface area contributed by atoms with E-state index in [1.54, 1.807) is 6.92 Å². The Morgan fingerprint density at radius 3 is 2.91 bits per heavy atom. The summed E-state index contributed by atoms with van der Waals surface area (Å²) in [6.07, 6.45) is 0.350. The van der Waals surface area contributed by atoms with Crippen LogP contribution in [0.5, 0.6) is 0 Å². The van der Waals surface area contributed by atoms with Gasteiger partial charge in [0.05, 0.1) is 12.5 Å². The topological polar surface area (TPSA) is 114 Å². The monoisotopic (exact) mass is 307 g/mol. The molecule has 3 atom stereocenters. The molecule has 22 heavy (non-hydrogen) atoms. The van der Waals surface area contributed by atoms with E-state index < -0.39 is 35.7 Å². The number of carbonyl (C=O) groups is 1. The molecule has 118 valence electrons. The Bertz CT molecular complexity index is 714. The van der Waals surface area contributed by atoms with Crippen molar-refractivity contribution in [3.63, 3.8) is 0 Å². The standard InChI is InChI=1S/C14H17N3O5/c1-3-9-7-17(14(20)16-13(9)19)12-6-11(21-8(2)18)10(22-12)4-5-15/h7,10-12H,3-4,6H2,1-2H3,(H,16,19,20)/t10-,11?,12-/m0/s1. The average molecular weight is 307 g/mol. The van der Waals surface area contributed by atoms with Gasteiger partial charge in [0.1, 0.15) is 18.4 Å². The van der Waals surface area contributed by atoms with Crippen molar-refractivity contribution in [1.29, 1.82) is 5.26 Å². The maximum absolute atomic E-state index is 11.9. The van der Waals surface area contributed by atoms with Gasteiger partial charge in [-0.3, -0.25) is 19.1 Å². The Labute approximate surface area is 126 Å². The SMILES string of the molecule is CCc1cn([C@@H]2CC(OC(C)=O)[C@H](CC#N)O2)c(=O)[nH]c1=O. The fourth-order valence-electron chi connectivity index (χ4n) is 2.47. The van der Waals surface area contributed by atoms with Crippen LogP contribution < -0.4 is 11.2 Å². The van der Waals surface area contributed by atoms with E-state index in [0.717, 1.165) is 0 Å². The van der Waals surface area contributed by atoms with Crippen molar-refractivity contribution < 1.29 is 14.3 Å². The number of nitriles is 1. The highest BCUT2D eigenvalue weighted by Crippen LogP contribution is 2.31. The van der Waals surface area contributed by atoms with Crippen LogP contribution in [0.25, 0.3) is 0 Å². The summed E-state index contributed by atoms with van der Waals surface area (Å²) in [6.45, 7) is 3.08. The van der Waals surface area contributed by atoms with Crippen molar-refractivity contribution in [1.82, 2.24) is 9.55 Å². The van der Waals surface area contributed by atoms with E-state index in [1.165, 1.54) is 17.7 Å². The largest absolute Gasteiger partial charge is 0.460 e. The molecule has 0 spiro atoms. The van der Waals surface area contributed by atoms with E-state index in [4.69, 9.17) is 14.7 Å². The van der Waals surface area contributed by atoms with Crippen LogP contribution in [0, 0.1) is 11.3 Å². The zero-order valence-corrected chi connectivity index (χ0v) is 12.4. The van der Waals surface area contributed by atoms with Crippen molar-refractivity contribution in [2.75, 3.05) is 0 Å². The second-order valence-electron chi connectivity index (χ2n) is 5.05. The lowest BCUT2D eigenvalue weighted by molar-refractivity contribution is -0.149. The number of esters is 1. The minimum absolute atomic E-state index is 0.0488. The van der Waals surface area contributed by atoms with E-state index >= 15 is 0 Å². The Balaban J connectivity index is 2.30. The fourth-order valence-corrected chi connectivity index (χ4v) is 2.47. The predicted octanol–water partition coefficient (Wildman–Crippen LogP) is 0.232. The molecule has 0 amide bonds. The third-order valence-electron chi connectivity index (χ3n) is 3.52. The third-order valence-corrected chi connectivity index (χ3v) is 3.52. The first-order valence-electron chi connectivity index (χ1n) is 7.00. The molecular weight excluding hydrogens is 290 g/mol. The van der Waals surface area contributed by atoms with Crippen LogP contribution in [-0.4, -0.2) is 27.7 Å². The lowest BCUT2D eigenvalue weighted by Gasteiger charge is -2.15. The number of H-pyrrole nitrogens is 1. The van der Waals surface area contributed by atoms with Gasteiger partial charge in [0, 0.05) is 25.1 Å². The van der Waals surface area contributed by atoms with Crippen LogP contribution in [-0.2, 0) is 20.7 Å². The van der Waals surface area contributed by atoms with Gasteiger partial charge < -0.3 is 9.47 Å². The van der Waals surface area contributed by atoms with Crippen LogP contribution in [0.4, 0.5) is 0 Å². The number of nitrogens with zero attached hydrogens (tertiary/aromatic N) is 2. The Kier molecular flexibility index (Phi) is 4.78. The molecule has 1 aliphatic heterocycles. The summed E-state index contributed by atoms with van der Waals surface area (Å²) < 4.78 is 12.1. The van der Waals surface area contributed by atoms with Gasteiger partial charge in [-0.15, -0.1) is 0 Å². The number of aryl methyl sites for hydroxylation is 1. The zero-order valence-electron chi connectivity index (χ0n) is 12.4. The van der Waals surface area contributed by atoms with Crippen LogP contribution >= 0.6 is 0 Å². The van der Waals surface area contributed by atoms with E-state index in [0.29, 0.717) is 12.0 Å². The van der Waals surface area contributed by atoms with E-state index in [2.05, 4.69) is 4.98 Å². The number of aromatic amines is 1. The summed E-state index contributed by atoms with van der Waals surface area (Å²) in [7, 11) is 0. The second kappa shape index (κ2) is 6.58. The number of rotatable bonds is 4. The molecule has 8 nitrogen and oxygen atoms in total. The Hall–Kier alpha value is -2.40. The van der Waals surface area contributed by atoms with Crippen molar-refractivity contribution in [3.8, 4) is 6.07 Å². The first-order valence-corrected chi connectivity index (χ1v) is 7.00. The molecular formula is C14H17N3O5. The van der Waals surface area contributed by atoms with Crippen LogP contribution in [0.3, 0.4) is 0 Å². The normalized spacial score (nSPS) is 24.0. The van der Waals surface area contributed by atoms with Gasteiger partial charge in [-0.05, 0) is 6.42 Å². The summed E-state index contributed by atoms with van der Waals surface area (Å²) in [4.78, 5) is 36.9. The summed E-state index contributed by atoms with van der Waals surface area (Å²) in [5, 5.41) is 8.82. The molecule has 1 saturated heterocycles. The van der Waals surface area contributed by atoms with Crippen LogP contribution in [0.15, 0.2) is 15.8 Å². The van der Waals surface area contributed by atoms with Gasteiger partial charge in [-0.2, -0.15) is 5.26 Å². The van der Waals surface area contributed by atoms with Gasteiger partial charge in [0.15, 0.2) is 0 Å². The number of ether oxygens (including phenoxy) is 2. The zero-order chi connectivity index (χ0) is 16.3. The Morgan fingerprint density at radius 2 is 2.32 bits per heavy atom. The maximum Gasteiger partial charge on any atom is 0.330 e. The maximum atomic E-state index is 11.9. The quantitative estimate of drug-likeness (QED) is 0.796. The molecule has 0 saturated carbocycles. The lowest BCUT2D eigenvalue weighted by Crippen LogP contribution is -2.34. The molecule has 0 bridgehead atoms. The molecule has 1 aromatic heterocycles. The van der Waals surface area contributed by atoms with Gasteiger partial charge in [-0.25, -0.2) is 4.79 Å². The van der Waals surface area contributed by atoms with Crippen molar-refractivity contribution in [2.45, 2.75) is 51.5 Å². The van der Waals surface area contributed by atoms with Crippen LogP contribution in [0.2, 0.25) is 0 Å². The summed E-state index contributed by atoms with van der Waals surface area (Å²) in [5.74, 6) is -0.472. The van der Waals surface area contributed by atoms with E-state index in [1.807, 2.05) is 6.07 Å². The highest BCUT2D eigenvalue weighted by Gasteiger charge is 2.38. The molecule has 2 rings (SSSR count). The highest BCUT2D eigenvalue weighted by atomic mass is 16.6. The van der Waals surface area contributed by atoms with Gasteiger partial charge >= 0.3 is 11.7 Å². The second-order valence-corrected chi connectivity index (χ2v) is 5.05. The molecule has 8 heteroatoms. The van der Waals surface area contributed by atoms with Gasteiger partial charge in [0.2, 0.25) is 0 Å². The molecule has 1 aliphatic rings. The van der Waals surface area contributed by atoms with E-state index in [-0.39, 0.29) is 12.8 Å². The number of hydrogen-bond acceptors (Lipinski definition) is 6. The van der Waals surface area contributed by atoms with Crippen LogP contribution in [0.1, 0.15) is 38.5 Å². The predicted molar refractivity (Wildman–Crippen MR) is 75.0 cm³/mol. The lowest BCUT2D eigenvalue weighted by atomic mass is 10.1. The summed E-state index contributed by atoms with van der Waals surface area (Å²) in [6, 6.07) is 1.97. The van der Waals surface area contributed by atoms with E-state index in [9.17, 15) is 14.4 Å². The highest BCUT2D eigenvalue weighted by molar-refractivity contribution is 5.66. The molecule has 0 aromatic carbocycles. The molecule has 1 aromatic rings. The number of carbonyl (C=O) groups excluding carboxylic acids is 1. The van der Waals surface area contributed by atoms with Gasteiger partial charge in [0.25, 0.3) is 5.56 Å². The van der Waals surface area contributed by atoms with Crippen molar-refractivity contribution in [3.05, 3.63) is 32.6 Å². The first kappa shape index (κ1) is 16.0. The molecule has 0 radical (unpaired) electrons. The molecule has 0 aliphatic carbocycles. The minimum Gasteiger partial charge on any atom is -0.460 e. The van der Waals surface area contributed by atoms with Crippen molar-refractivity contribution in [2.24, 2.45) is 0 Å². The summed E-state index contributed by atoms with van der Waals surface area (Å²) >= 11 is 0. The molecule has 2 heterocycles. The number of aromatic nitrogens is 2. The smallest absolute Gasteiger partial charge is 0.330 e. The van der Waals surface area contributed by atoms with Crippen molar-refractivity contribution >= 4 is 5.97 Å². The summed E-state index contributed by atoms with van der Waals surface area (Å²) in [5.41, 5.74) is -0.561.